The van der Waals surface area contributed by atoms with Crippen LogP contribution in [0.15, 0.2) is 0 Å². The number of hydrogen-bond acceptors (Lipinski definition) is 1. The molecule has 2 saturated carbocycles. The van der Waals surface area contributed by atoms with Crippen LogP contribution in [0.2, 0.25) is 0 Å². The van der Waals surface area contributed by atoms with Gasteiger partial charge in [0.05, 0.1) is 0 Å². The molecular weight excluding hydrogens is 239 g/mol. The Balaban J connectivity index is -0.000000147. The fourth-order valence-corrected chi connectivity index (χ4v) is 0.642. The number of hydrogen-bond donors (Lipinski definition) is 0. The largest absolute Gasteiger partial charge is 0.0312 e. The molecule has 2 rings (SSSR count). The van der Waals surface area contributed by atoms with Crippen LogP contribution in [0.25, 0.3) is 0 Å². The zero-order valence-electron chi connectivity index (χ0n) is 9.04. The molecule has 83 valence electrons. The molecule has 0 saturated heterocycles. The van der Waals surface area contributed by atoms with Crippen molar-refractivity contribution in [1.82, 2.24) is 0 Å². The monoisotopic (exact) mass is 252 g/mol. The van der Waals surface area contributed by atoms with Gasteiger partial charge in [-0.25, -0.2) is 0 Å². The summed E-state index contributed by atoms with van der Waals surface area (Å²) in [7, 11) is 0. The quantitative estimate of drug-likeness (QED) is 0.480. The number of rotatable bonds is 0. The topological polar surface area (TPSA) is 37.0 Å². The van der Waals surface area contributed by atoms with Crippen LogP contribution >= 0.6 is 0 Å². The van der Waals surface area contributed by atoms with Gasteiger partial charge in [0.1, 0.15) is 0 Å². The normalized spacial score (nSPS) is 15.9. The fraction of sp³-hybridized carbons (Fsp3) is 0.0769. The minimum atomic E-state index is 0. The van der Waals surface area contributed by atoms with Crippen LogP contribution in [0, 0.1) is 70.9 Å². The molecule has 2 aliphatic carbocycles. The van der Waals surface area contributed by atoms with Crippen LogP contribution in [-0.4, -0.2) is 6.29 Å². The van der Waals surface area contributed by atoms with E-state index in [1.54, 1.807) is 0 Å². The Morgan fingerprint density at radius 3 is 0.875 bits per heavy atom. The molecular formula is C13H13O2V-. The van der Waals surface area contributed by atoms with Crippen molar-refractivity contribution in [3.63, 3.8) is 0 Å². The van der Waals surface area contributed by atoms with E-state index in [1.165, 1.54) is 13.2 Å². The Morgan fingerprint density at radius 1 is 0.750 bits per heavy atom. The first kappa shape index (κ1) is 21.3. The standard InChI is InChI=1S/2C5H5.C2H3O.CO.V/c2*1-2-4-5-3-1;1-2-3;1-2;/h2*1-5H;1H3;;/q;;-1;;. The molecule has 0 atom stereocenters. The summed E-state index contributed by atoms with van der Waals surface area (Å²) < 4.78 is 7.50. The average molecular weight is 252 g/mol. The van der Waals surface area contributed by atoms with E-state index in [9.17, 15) is 0 Å². The smallest absolute Gasteiger partial charge is 0 e. The van der Waals surface area contributed by atoms with Crippen molar-refractivity contribution in [3.8, 4) is 0 Å². The van der Waals surface area contributed by atoms with Crippen LogP contribution in [0.3, 0.4) is 0 Å². The molecule has 0 aromatic heterocycles. The van der Waals surface area contributed by atoms with Gasteiger partial charge in [-0.15, -0.1) is 0 Å². The van der Waals surface area contributed by atoms with E-state index in [0.29, 0.717) is 0 Å². The van der Waals surface area contributed by atoms with Crippen molar-refractivity contribution in [3.05, 3.63) is 70.9 Å². The molecule has 0 aromatic carbocycles. The molecule has 3 heteroatoms. The van der Waals surface area contributed by atoms with E-state index in [1.807, 2.05) is 64.2 Å². The zero-order valence-corrected chi connectivity index (χ0v) is 10.4. The molecule has 0 amide bonds. The van der Waals surface area contributed by atoms with Gasteiger partial charge >= 0.3 is 11.3 Å². The minimum Gasteiger partial charge on any atom is -0.0312 e. The van der Waals surface area contributed by atoms with Gasteiger partial charge in [-0.2, -0.15) is 6.92 Å². The van der Waals surface area contributed by atoms with Crippen molar-refractivity contribution in [2.24, 2.45) is 0 Å². The second-order valence-corrected chi connectivity index (χ2v) is 2.13. The molecule has 2 nitrogen and oxygen atoms in total. The summed E-state index contributed by atoms with van der Waals surface area (Å²) in [5.41, 5.74) is 0. The van der Waals surface area contributed by atoms with Crippen LogP contribution < -0.4 is 0 Å². The molecule has 0 unspecified atom stereocenters. The van der Waals surface area contributed by atoms with E-state index in [2.05, 4.69) is 6.65 Å². The van der Waals surface area contributed by atoms with Crippen molar-refractivity contribution in [2.45, 2.75) is 6.92 Å². The maximum Gasteiger partial charge on any atom is 0 e. The van der Waals surface area contributed by atoms with E-state index < -0.39 is 0 Å². The third-order valence-electron chi connectivity index (χ3n) is 1.11. The first-order chi connectivity index (χ1) is 7.41. The summed E-state index contributed by atoms with van der Waals surface area (Å²) in [6.45, 7) is 5.82. The molecule has 0 aliphatic heterocycles. The van der Waals surface area contributed by atoms with E-state index in [4.69, 9.17) is 9.45 Å². The van der Waals surface area contributed by atoms with Crippen molar-refractivity contribution in [2.75, 3.05) is 0 Å². The Labute approximate surface area is 112 Å². The Bertz CT molecular complexity index is 102. The second kappa shape index (κ2) is 24.3. The zero-order chi connectivity index (χ0) is 11.8. The summed E-state index contributed by atoms with van der Waals surface area (Å²) in [5.74, 6) is 0. The molecule has 11 radical (unpaired) electrons. The Hall–Kier alpha value is -0.00558. The summed E-state index contributed by atoms with van der Waals surface area (Å²) in [5, 5.41) is 0. The van der Waals surface area contributed by atoms with Gasteiger partial charge in [0.25, 0.3) is 0 Å². The molecule has 0 spiro atoms. The van der Waals surface area contributed by atoms with Gasteiger partial charge < -0.3 is 4.79 Å². The van der Waals surface area contributed by atoms with E-state index in [-0.39, 0.29) is 18.6 Å². The Kier molecular flexibility index (Phi) is 32.3. The molecule has 0 heterocycles. The maximum atomic E-state index is 8.68. The van der Waals surface area contributed by atoms with Crippen molar-refractivity contribution in [1.29, 1.82) is 0 Å². The summed E-state index contributed by atoms with van der Waals surface area (Å²) in [4.78, 5) is 8.68. The fourth-order valence-electron chi connectivity index (χ4n) is 0.642. The number of carbonyl (C=O) groups excluding carboxylic acids is 1. The van der Waals surface area contributed by atoms with Gasteiger partial charge in [0.2, 0.25) is 0 Å². The van der Waals surface area contributed by atoms with Crippen LogP contribution in [0.4, 0.5) is 0 Å². The third kappa shape index (κ3) is 23.7. The second-order valence-electron chi connectivity index (χ2n) is 2.13. The van der Waals surface area contributed by atoms with E-state index in [0.717, 1.165) is 0 Å². The summed E-state index contributed by atoms with van der Waals surface area (Å²) in [6, 6.07) is 0. The Morgan fingerprint density at radius 2 is 0.812 bits per heavy atom. The molecule has 0 bridgehead atoms. The van der Waals surface area contributed by atoms with Crippen molar-refractivity contribution < 1.29 is 28.0 Å². The first-order valence-electron chi connectivity index (χ1n) is 4.24. The summed E-state index contributed by atoms with van der Waals surface area (Å²) in [6.07, 6.45) is 21.5. The third-order valence-corrected chi connectivity index (χ3v) is 1.11. The van der Waals surface area contributed by atoms with Gasteiger partial charge in [0, 0.05) is 18.6 Å². The molecule has 2 fully saturated rings. The van der Waals surface area contributed by atoms with Crippen LogP contribution in [0.1, 0.15) is 6.92 Å². The van der Waals surface area contributed by atoms with Crippen LogP contribution in [-0.2, 0) is 28.0 Å². The first-order valence-corrected chi connectivity index (χ1v) is 4.24. The molecule has 0 N–H and O–H groups in total. The minimum absolute atomic E-state index is 0. The van der Waals surface area contributed by atoms with Gasteiger partial charge in [-0.3, -0.25) is 6.29 Å². The van der Waals surface area contributed by atoms with Gasteiger partial charge in [-0.1, -0.05) is 0 Å². The SMILES string of the molecule is C[C-]=O.[C-]#[O+].[CH]1[CH][CH][CH][CH]1.[CH]1[CH][CH][CH][CH]1.[V]. The average Bonchev–Trinajstić information content (AvgIpc) is 3.01. The van der Waals surface area contributed by atoms with Crippen LogP contribution in [0.5, 0.6) is 0 Å². The maximum absolute atomic E-state index is 8.68. The van der Waals surface area contributed by atoms with E-state index >= 15 is 0 Å². The predicted molar refractivity (Wildman–Crippen MR) is 58.3 cm³/mol. The molecule has 16 heavy (non-hydrogen) atoms. The molecule has 2 aliphatic rings. The van der Waals surface area contributed by atoms with Gasteiger partial charge in [0.15, 0.2) is 0 Å². The van der Waals surface area contributed by atoms with Gasteiger partial charge in [-0.05, 0) is 64.2 Å². The predicted octanol–water partition coefficient (Wildman–Crippen LogP) is 2.12. The summed E-state index contributed by atoms with van der Waals surface area (Å²) >= 11 is 0. The van der Waals surface area contributed by atoms with Crippen molar-refractivity contribution >= 4 is 6.29 Å². The molecule has 0 aromatic rings.